The molecule has 0 saturated carbocycles. The molecule has 2 rings (SSSR count). The van der Waals surface area contributed by atoms with Gasteiger partial charge in [0.15, 0.2) is 0 Å². The van der Waals surface area contributed by atoms with Crippen molar-refractivity contribution in [3.63, 3.8) is 0 Å². The molecule has 0 radical (unpaired) electrons. The molecule has 0 bridgehead atoms. The van der Waals surface area contributed by atoms with Crippen LogP contribution in [0.4, 0.5) is 0 Å². The van der Waals surface area contributed by atoms with Gasteiger partial charge in [-0.15, -0.1) is 0 Å². The molecule has 2 aromatic carbocycles. The highest BCUT2D eigenvalue weighted by Gasteiger charge is 2.04. The van der Waals surface area contributed by atoms with Crippen LogP contribution in [0.5, 0.6) is 11.5 Å². The minimum Gasteiger partial charge on any atom is -0.478 e. The summed E-state index contributed by atoms with van der Waals surface area (Å²) >= 11 is 3.44. The van der Waals surface area contributed by atoms with Crippen molar-refractivity contribution in [1.82, 2.24) is 0 Å². The minimum absolute atomic E-state index is 0.617. The molecule has 0 aromatic heterocycles. The van der Waals surface area contributed by atoms with Crippen molar-refractivity contribution in [2.24, 2.45) is 0 Å². The monoisotopic (exact) mass is 332 g/mol. The molecule has 0 atom stereocenters. The van der Waals surface area contributed by atoms with Crippen molar-refractivity contribution >= 4 is 28.0 Å². The molecule has 0 aliphatic carbocycles. The van der Waals surface area contributed by atoms with Crippen LogP contribution in [0.1, 0.15) is 11.1 Å². The lowest BCUT2D eigenvalue weighted by atomic mass is 10.2. The zero-order chi connectivity index (χ0) is 14.5. The molecule has 0 amide bonds. The van der Waals surface area contributed by atoms with Crippen LogP contribution < -0.4 is 4.74 Å². The van der Waals surface area contributed by atoms with E-state index in [9.17, 15) is 4.79 Å². The fourth-order valence-corrected chi connectivity index (χ4v) is 1.93. The van der Waals surface area contributed by atoms with Crippen LogP contribution in [0.3, 0.4) is 0 Å². The van der Waals surface area contributed by atoms with E-state index in [4.69, 9.17) is 9.84 Å². The molecule has 1 N–H and O–H groups in total. The smallest absolute Gasteiger partial charge is 0.328 e. The van der Waals surface area contributed by atoms with Crippen molar-refractivity contribution in [2.45, 2.75) is 6.92 Å². The second kappa shape index (κ2) is 6.39. The molecule has 0 aliphatic rings. The summed E-state index contributed by atoms with van der Waals surface area (Å²) < 4.78 is 6.83. The van der Waals surface area contributed by atoms with E-state index in [1.807, 2.05) is 37.3 Å². The molecule has 20 heavy (non-hydrogen) atoms. The second-order valence-corrected chi connectivity index (χ2v) is 5.08. The van der Waals surface area contributed by atoms with Gasteiger partial charge in [0.1, 0.15) is 11.5 Å². The highest BCUT2D eigenvalue weighted by molar-refractivity contribution is 9.10. The second-order valence-electron chi connectivity index (χ2n) is 4.22. The van der Waals surface area contributed by atoms with Gasteiger partial charge in [0.05, 0.1) is 0 Å². The molecule has 0 saturated heterocycles. The van der Waals surface area contributed by atoms with E-state index in [-0.39, 0.29) is 0 Å². The Morgan fingerprint density at radius 3 is 2.70 bits per heavy atom. The summed E-state index contributed by atoms with van der Waals surface area (Å²) in [7, 11) is 0. The van der Waals surface area contributed by atoms with Gasteiger partial charge >= 0.3 is 5.97 Å². The summed E-state index contributed by atoms with van der Waals surface area (Å²) in [4.78, 5) is 10.6. The van der Waals surface area contributed by atoms with E-state index in [1.165, 1.54) is 6.08 Å². The number of carbonyl (C=O) groups is 1. The van der Waals surface area contributed by atoms with E-state index in [2.05, 4.69) is 15.9 Å². The number of ether oxygens (including phenoxy) is 1. The predicted octanol–water partition coefficient (Wildman–Crippen LogP) is 4.65. The Morgan fingerprint density at radius 1 is 1.25 bits per heavy atom. The molecule has 2 aromatic rings. The average molecular weight is 333 g/mol. The number of halogens is 1. The lowest BCUT2D eigenvalue weighted by Gasteiger charge is -2.09. The van der Waals surface area contributed by atoms with Gasteiger partial charge in [-0.2, -0.15) is 0 Å². The standard InChI is InChI=1S/C16H13BrO3/c1-11-10-13(7-8-14(11)17)20-15-5-3-2-4-12(15)6-9-16(18)19/h2-10H,1H3,(H,18,19)/b9-6+. The molecular formula is C16H13BrO3. The van der Waals surface area contributed by atoms with E-state index in [0.29, 0.717) is 11.5 Å². The van der Waals surface area contributed by atoms with Gasteiger partial charge < -0.3 is 9.84 Å². The molecule has 0 unspecified atom stereocenters. The maximum Gasteiger partial charge on any atom is 0.328 e. The van der Waals surface area contributed by atoms with Crippen molar-refractivity contribution in [3.05, 3.63) is 64.1 Å². The maximum absolute atomic E-state index is 10.6. The summed E-state index contributed by atoms with van der Waals surface area (Å²) in [6.45, 7) is 1.98. The molecule has 0 heterocycles. The van der Waals surface area contributed by atoms with Crippen molar-refractivity contribution < 1.29 is 14.6 Å². The zero-order valence-electron chi connectivity index (χ0n) is 10.8. The Balaban J connectivity index is 2.29. The van der Waals surface area contributed by atoms with Gasteiger partial charge in [-0.05, 0) is 42.8 Å². The molecular weight excluding hydrogens is 320 g/mol. The molecule has 0 aliphatic heterocycles. The number of carboxylic acid groups (broad SMARTS) is 1. The number of carboxylic acids is 1. The minimum atomic E-state index is -0.987. The quantitative estimate of drug-likeness (QED) is 0.829. The fraction of sp³-hybridized carbons (Fsp3) is 0.0625. The third-order valence-corrected chi connectivity index (χ3v) is 3.57. The number of benzene rings is 2. The normalized spacial score (nSPS) is 10.7. The van der Waals surface area contributed by atoms with Crippen LogP contribution in [0.15, 0.2) is 53.0 Å². The van der Waals surface area contributed by atoms with Crippen LogP contribution >= 0.6 is 15.9 Å². The number of aliphatic carboxylic acids is 1. The fourth-order valence-electron chi connectivity index (χ4n) is 1.68. The molecule has 0 spiro atoms. The predicted molar refractivity (Wildman–Crippen MR) is 82.1 cm³/mol. The van der Waals surface area contributed by atoms with Crippen LogP contribution in [0.2, 0.25) is 0 Å². The first-order valence-electron chi connectivity index (χ1n) is 6.00. The number of aryl methyl sites for hydroxylation is 1. The van der Waals surface area contributed by atoms with E-state index < -0.39 is 5.97 Å². The van der Waals surface area contributed by atoms with Crippen molar-refractivity contribution in [2.75, 3.05) is 0 Å². The average Bonchev–Trinajstić information content (AvgIpc) is 2.42. The first-order valence-corrected chi connectivity index (χ1v) is 6.79. The molecule has 4 heteroatoms. The van der Waals surface area contributed by atoms with Gasteiger partial charge in [-0.25, -0.2) is 4.79 Å². The first-order chi connectivity index (χ1) is 9.56. The highest BCUT2D eigenvalue weighted by atomic mass is 79.9. The zero-order valence-corrected chi connectivity index (χ0v) is 12.4. The molecule has 102 valence electrons. The molecule has 3 nitrogen and oxygen atoms in total. The van der Waals surface area contributed by atoms with Crippen LogP contribution in [0, 0.1) is 6.92 Å². The summed E-state index contributed by atoms with van der Waals surface area (Å²) in [6, 6.07) is 13.0. The number of hydrogen-bond acceptors (Lipinski definition) is 2. The van der Waals surface area contributed by atoms with Gasteiger partial charge in [0, 0.05) is 16.1 Å². The summed E-state index contributed by atoms with van der Waals surface area (Å²) in [5.41, 5.74) is 1.79. The Bertz CT molecular complexity index is 663. The van der Waals surface area contributed by atoms with Crippen LogP contribution in [-0.4, -0.2) is 11.1 Å². The summed E-state index contributed by atoms with van der Waals surface area (Å²) in [5, 5.41) is 8.69. The maximum atomic E-state index is 10.6. The first kappa shape index (κ1) is 14.3. The third-order valence-electron chi connectivity index (χ3n) is 2.68. The van der Waals surface area contributed by atoms with Crippen molar-refractivity contribution in [3.8, 4) is 11.5 Å². The van der Waals surface area contributed by atoms with Crippen LogP contribution in [0.25, 0.3) is 6.08 Å². The molecule has 0 fully saturated rings. The number of para-hydroxylation sites is 1. The lowest BCUT2D eigenvalue weighted by Crippen LogP contribution is -1.90. The van der Waals surface area contributed by atoms with Gasteiger partial charge in [0.25, 0.3) is 0 Å². The summed E-state index contributed by atoms with van der Waals surface area (Å²) in [5.74, 6) is 0.341. The summed E-state index contributed by atoms with van der Waals surface area (Å²) in [6.07, 6.45) is 2.61. The third kappa shape index (κ3) is 3.71. The van der Waals surface area contributed by atoms with E-state index in [0.717, 1.165) is 21.7 Å². The number of hydrogen-bond donors (Lipinski definition) is 1. The van der Waals surface area contributed by atoms with Gasteiger partial charge in [-0.3, -0.25) is 0 Å². The largest absolute Gasteiger partial charge is 0.478 e. The van der Waals surface area contributed by atoms with E-state index >= 15 is 0 Å². The van der Waals surface area contributed by atoms with Gasteiger partial charge in [-0.1, -0.05) is 34.1 Å². The Labute approximate surface area is 125 Å². The lowest BCUT2D eigenvalue weighted by molar-refractivity contribution is -0.131. The Kier molecular flexibility index (Phi) is 4.58. The Morgan fingerprint density at radius 2 is 2.00 bits per heavy atom. The van der Waals surface area contributed by atoms with Gasteiger partial charge in [0.2, 0.25) is 0 Å². The number of rotatable bonds is 4. The van der Waals surface area contributed by atoms with Crippen molar-refractivity contribution in [1.29, 1.82) is 0 Å². The Hall–Kier alpha value is -2.07. The van der Waals surface area contributed by atoms with Crippen LogP contribution in [-0.2, 0) is 4.79 Å². The topological polar surface area (TPSA) is 46.5 Å². The SMILES string of the molecule is Cc1cc(Oc2ccccc2/C=C/C(=O)O)ccc1Br. The highest BCUT2D eigenvalue weighted by Crippen LogP contribution is 2.29. The van der Waals surface area contributed by atoms with E-state index in [1.54, 1.807) is 12.1 Å².